The number of hydrogen-bond donors (Lipinski definition) is 1. The fourth-order valence-corrected chi connectivity index (χ4v) is 2.74. The molecule has 1 amide bonds. The van der Waals surface area contributed by atoms with Crippen molar-refractivity contribution in [2.24, 2.45) is 5.10 Å². The Hall–Kier alpha value is -2.13. The number of nitrogens with zero attached hydrogens (tertiary/aromatic N) is 1. The molecule has 112 valence electrons. The average molecular weight is 313 g/mol. The Labute approximate surface area is 135 Å². The summed E-state index contributed by atoms with van der Waals surface area (Å²) in [6.45, 7) is 2.12. The third-order valence-electron chi connectivity index (χ3n) is 3.98. The maximum absolute atomic E-state index is 12.1. The van der Waals surface area contributed by atoms with Crippen LogP contribution in [-0.4, -0.2) is 11.6 Å². The quantitative estimate of drug-likeness (QED) is 0.917. The first-order valence-electron chi connectivity index (χ1n) is 7.38. The first kappa shape index (κ1) is 14.8. The minimum atomic E-state index is -0.200. The second-order valence-corrected chi connectivity index (χ2v) is 5.83. The van der Waals surface area contributed by atoms with E-state index in [9.17, 15) is 4.79 Å². The van der Waals surface area contributed by atoms with Gasteiger partial charge in [0.2, 0.25) is 5.91 Å². The average Bonchev–Trinajstić information content (AvgIpc) is 2.56. The lowest BCUT2D eigenvalue weighted by Crippen LogP contribution is -2.33. The topological polar surface area (TPSA) is 41.5 Å². The molecule has 3 rings (SSSR count). The van der Waals surface area contributed by atoms with Crippen molar-refractivity contribution in [3.8, 4) is 0 Å². The summed E-state index contributed by atoms with van der Waals surface area (Å²) in [5.74, 6) is -0.254. The highest BCUT2D eigenvalue weighted by Gasteiger charge is 2.27. The Morgan fingerprint density at radius 1 is 1.14 bits per heavy atom. The molecule has 0 radical (unpaired) electrons. The van der Waals surface area contributed by atoms with Crippen molar-refractivity contribution in [1.29, 1.82) is 0 Å². The summed E-state index contributed by atoms with van der Waals surface area (Å²) in [6, 6.07) is 15.8. The molecule has 0 saturated carbocycles. The van der Waals surface area contributed by atoms with E-state index in [1.54, 1.807) is 0 Å². The zero-order chi connectivity index (χ0) is 15.5. The number of aryl methyl sites for hydroxylation is 1. The van der Waals surface area contributed by atoms with E-state index in [2.05, 4.69) is 29.6 Å². The molecule has 0 aliphatic carbocycles. The lowest BCUT2D eigenvalue weighted by Gasteiger charge is -2.22. The molecule has 1 N–H and O–H groups in total. The SMILES string of the molecule is CCc1ccc([C@@H]2CC(c3ccc(Cl)cc3)=NNC2=O)cc1. The normalized spacial score (nSPS) is 17.8. The van der Waals surface area contributed by atoms with E-state index < -0.39 is 0 Å². The van der Waals surface area contributed by atoms with Crippen LogP contribution in [0.15, 0.2) is 53.6 Å². The monoisotopic (exact) mass is 312 g/mol. The second-order valence-electron chi connectivity index (χ2n) is 5.39. The van der Waals surface area contributed by atoms with Crippen LogP contribution >= 0.6 is 11.6 Å². The van der Waals surface area contributed by atoms with Crippen LogP contribution in [0.3, 0.4) is 0 Å². The number of nitrogens with one attached hydrogen (secondary N) is 1. The molecule has 0 spiro atoms. The molecule has 1 aliphatic heterocycles. The highest BCUT2D eigenvalue weighted by molar-refractivity contribution is 6.30. The van der Waals surface area contributed by atoms with E-state index in [0.717, 1.165) is 23.3 Å². The van der Waals surface area contributed by atoms with Crippen LogP contribution in [0.5, 0.6) is 0 Å². The number of rotatable bonds is 3. The van der Waals surface area contributed by atoms with Gasteiger partial charge in [0, 0.05) is 11.4 Å². The lowest BCUT2D eigenvalue weighted by atomic mass is 9.89. The minimum Gasteiger partial charge on any atom is -0.272 e. The Bertz CT molecular complexity index is 705. The van der Waals surface area contributed by atoms with Crippen LogP contribution in [0, 0.1) is 0 Å². The van der Waals surface area contributed by atoms with E-state index in [-0.39, 0.29) is 11.8 Å². The highest BCUT2D eigenvalue weighted by Crippen LogP contribution is 2.26. The van der Waals surface area contributed by atoms with Crippen molar-refractivity contribution in [3.63, 3.8) is 0 Å². The predicted molar refractivity (Wildman–Crippen MR) is 89.3 cm³/mol. The van der Waals surface area contributed by atoms with Crippen molar-refractivity contribution < 1.29 is 4.79 Å². The molecule has 2 aromatic carbocycles. The third-order valence-corrected chi connectivity index (χ3v) is 4.23. The summed E-state index contributed by atoms with van der Waals surface area (Å²) in [6.07, 6.45) is 1.59. The van der Waals surface area contributed by atoms with E-state index in [1.165, 1.54) is 5.56 Å². The van der Waals surface area contributed by atoms with Crippen LogP contribution in [0.25, 0.3) is 0 Å². The number of hydrazone groups is 1. The first-order valence-corrected chi connectivity index (χ1v) is 7.76. The summed E-state index contributed by atoms with van der Waals surface area (Å²) in [5, 5.41) is 4.88. The van der Waals surface area contributed by atoms with Crippen molar-refractivity contribution in [1.82, 2.24) is 5.43 Å². The van der Waals surface area contributed by atoms with Gasteiger partial charge >= 0.3 is 0 Å². The van der Waals surface area contributed by atoms with Gasteiger partial charge in [-0.15, -0.1) is 0 Å². The molecule has 3 nitrogen and oxygen atoms in total. The zero-order valence-electron chi connectivity index (χ0n) is 12.3. The maximum atomic E-state index is 12.1. The first-order chi connectivity index (χ1) is 10.7. The van der Waals surface area contributed by atoms with Gasteiger partial charge < -0.3 is 0 Å². The Morgan fingerprint density at radius 3 is 2.45 bits per heavy atom. The molecular formula is C18H17ClN2O. The van der Waals surface area contributed by atoms with Gasteiger partial charge in [0.05, 0.1) is 11.6 Å². The fraction of sp³-hybridized carbons (Fsp3) is 0.222. The smallest absolute Gasteiger partial charge is 0.248 e. The predicted octanol–water partition coefficient (Wildman–Crippen LogP) is 3.91. The van der Waals surface area contributed by atoms with Crippen LogP contribution in [0.1, 0.15) is 36.0 Å². The molecule has 0 fully saturated rings. The minimum absolute atomic E-state index is 0.0537. The van der Waals surface area contributed by atoms with Gasteiger partial charge in [0.25, 0.3) is 0 Å². The van der Waals surface area contributed by atoms with Gasteiger partial charge in [-0.1, -0.05) is 54.9 Å². The molecule has 0 aromatic heterocycles. The zero-order valence-corrected chi connectivity index (χ0v) is 13.1. The number of amides is 1. The third kappa shape index (κ3) is 3.04. The van der Waals surface area contributed by atoms with Gasteiger partial charge in [-0.3, -0.25) is 4.79 Å². The van der Waals surface area contributed by atoms with Crippen molar-refractivity contribution in [2.75, 3.05) is 0 Å². The van der Waals surface area contributed by atoms with Gasteiger partial charge in [-0.25, -0.2) is 5.43 Å². The van der Waals surface area contributed by atoms with Crippen LogP contribution in [0.4, 0.5) is 0 Å². The largest absolute Gasteiger partial charge is 0.272 e. The van der Waals surface area contributed by atoms with Crippen molar-refractivity contribution >= 4 is 23.2 Å². The van der Waals surface area contributed by atoms with E-state index in [0.29, 0.717) is 11.4 Å². The van der Waals surface area contributed by atoms with Gasteiger partial charge in [0.1, 0.15) is 0 Å². The summed E-state index contributed by atoms with van der Waals surface area (Å²) < 4.78 is 0. The Balaban J connectivity index is 1.85. The number of halogens is 1. The number of carbonyl (C=O) groups excluding carboxylic acids is 1. The molecule has 1 atom stereocenters. The summed E-state index contributed by atoms with van der Waals surface area (Å²) in [4.78, 5) is 12.1. The lowest BCUT2D eigenvalue weighted by molar-refractivity contribution is -0.122. The van der Waals surface area contributed by atoms with E-state index in [1.807, 2.05) is 36.4 Å². The summed E-state index contributed by atoms with van der Waals surface area (Å²) in [7, 11) is 0. The Morgan fingerprint density at radius 2 is 1.82 bits per heavy atom. The molecule has 0 saturated heterocycles. The van der Waals surface area contributed by atoms with Crippen LogP contribution in [0.2, 0.25) is 5.02 Å². The molecular weight excluding hydrogens is 296 g/mol. The fourth-order valence-electron chi connectivity index (χ4n) is 2.61. The van der Waals surface area contributed by atoms with Gasteiger partial charge in [-0.05, 0) is 35.2 Å². The second kappa shape index (κ2) is 6.32. The van der Waals surface area contributed by atoms with Gasteiger partial charge in [0.15, 0.2) is 0 Å². The summed E-state index contributed by atoms with van der Waals surface area (Å²) in [5.41, 5.74) is 6.79. The van der Waals surface area contributed by atoms with Crippen LogP contribution < -0.4 is 5.43 Å². The van der Waals surface area contributed by atoms with Gasteiger partial charge in [-0.2, -0.15) is 5.10 Å². The molecule has 4 heteroatoms. The van der Waals surface area contributed by atoms with Crippen molar-refractivity contribution in [2.45, 2.75) is 25.7 Å². The standard InChI is InChI=1S/C18H17ClN2O/c1-2-12-3-5-13(6-4-12)16-11-17(20-21-18(16)22)14-7-9-15(19)10-8-14/h3-10,16H,2,11H2,1H3,(H,21,22)/t16-/m0/s1. The molecule has 1 heterocycles. The van der Waals surface area contributed by atoms with Crippen LogP contribution in [-0.2, 0) is 11.2 Å². The number of benzene rings is 2. The van der Waals surface area contributed by atoms with Crippen molar-refractivity contribution in [3.05, 3.63) is 70.2 Å². The maximum Gasteiger partial charge on any atom is 0.248 e. The van der Waals surface area contributed by atoms with E-state index >= 15 is 0 Å². The number of hydrogen-bond acceptors (Lipinski definition) is 2. The molecule has 22 heavy (non-hydrogen) atoms. The summed E-state index contributed by atoms with van der Waals surface area (Å²) >= 11 is 5.92. The molecule has 0 bridgehead atoms. The van der Waals surface area contributed by atoms with E-state index in [4.69, 9.17) is 11.6 Å². The molecule has 2 aromatic rings. The molecule has 0 unspecified atom stereocenters. The molecule has 1 aliphatic rings. The highest BCUT2D eigenvalue weighted by atomic mass is 35.5. The Kier molecular flexibility index (Phi) is 4.25. The number of carbonyl (C=O) groups is 1.